The summed E-state index contributed by atoms with van der Waals surface area (Å²) in [5.41, 5.74) is 0. The van der Waals surface area contributed by atoms with Crippen molar-refractivity contribution in [2.45, 2.75) is 57.2 Å². The zero-order valence-corrected chi connectivity index (χ0v) is 11.1. The van der Waals surface area contributed by atoms with Gasteiger partial charge in [-0.15, -0.1) is 0 Å². The Morgan fingerprint density at radius 2 is 2.11 bits per heavy atom. The maximum Gasteiger partial charge on any atom is 0.307 e. The SMILES string of the molecule is COC(=O)CC1C(=O)NC(C)CN1C1CCCC1. The van der Waals surface area contributed by atoms with Crippen LogP contribution in [-0.4, -0.2) is 48.6 Å². The number of ether oxygens (including phenoxy) is 1. The van der Waals surface area contributed by atoms with E-state index >= 15 is 0 Å². The Morgan fingerprint density at radius 3 is 2.72 bits per heavy atom. The summed E-state index contributed by atoms with van der Waals surface area (Å²) in [6, 6.07) is 0.261. The first kappa shape index (κ1) is 13.3. The number of nitrogens with zero attached hydrogens (tertiary/aromatic N) is 1. The van der Waals surface area contributed by atoms with Crippen molar-refractivity contribution >= 4 is 11.9 Å². The monoisotopic (exact) mass is 254 g/mol. The van der Waals surface area contributed by atoms with E-state index in [2.05, 4.69) is 10.2 Å². The third-order valence-electron chi connectivity index (χ3n) is 3.96. The summed E-state index contributed by atoms with van der Waals surface area (Å²) in [5.74, 6) is -0.348. The molecule has 0 aromatic rings. The van der Waals surface area contributed by atoms with Crippen LogP contribution in [0.3, 0.4) is 0 Å². The molecule has 2 aliphatic rings. The fourth-order valence-electron chi connectivity index (χ4n) is 3.07. The van der Waals surface area contributed by atoms with E-state index in [0.29, 0.717) is 6.04 Å². The van der Waals surface area contributed by atoms with Crippen LogP contribution in [0.2, 0.25) is 0 Å². The molecule has 1 saturated heterocycles. The van der Waals surface area contributed by atoms with Gasteiger partial charge in [-0.05, 0) is 19.8 Å². The van der Waals surface area contributed by atoms with Gasteiger partial charge in [0.2, 0.25) is 5.91 Å². The summed E-state index contributed by atoms with van der Waals surface area (Å²) < 4.78 is 4.69. The molecule has 1 N–H and O–H groups in total. The number of piperazine rings is 1. The highest BCUT2D eigenvalue weighted by Crippen LogP contribution is 2.27. The van der Waals surface area contributed by atoms with Crippen LogP contribution >= 0.6 is 0 Å². The van der Waals surface area contributed by atoms with E-state index in [1.165, 1.54) is 20.0 Å². The van der Waals surface area contributed by atoms with Crippen LogP contribution in [0.4, 0.5) is 0 Å². The standard InChI is InChI=1S/C13H22N2O3/c1-9-8-15(10-5-3-4-6-10)11(13(17)14-9)7-12(16)18-2/h9-11H,3-8H2,1-2H3,(H,14,17). The minimum atomic E-state index is -0.350. The smallest absolute Gasteiger partial charge is 0.307 e. The first-order valence-electron chi connectivity index (χ1n) is 6.74. The molecule has 0 radical (unpaired) electrons. The van der Waals surface area contributed by atoms with Gasteiger partial charge in [0.25, 0.3) is 0 Å². The molecule has 1 saturated carbocycles. The fourth-order valence-corrected chi connectivity index (χ4v) is 3.07. The lowest BCUT2D eigenvalue weighted by Crippen LogP contribution is -2.61. The van der Waals surface area contributed by atoms with Crippen molar-refractivity contribution in [1.29, 1.82) is 0 Å². The van der Waals surface area contributed by atoms with Crippen molar-refractivity contribution < 1.29 is 14.3 Å². The number of esters is 1. The van der Waals surface area contributed by atoms with E-state index in [-0.39, 0.29) is 30.4 Å². The largest absolute Gasteiger partial charge is 0.469 e. The van der Waals surface area contributed by atoms with E-state index in [1.54, 1.807) is 0 Å². The first-order chi connectivity index (χ1) is 8.61. The summed E-state index contributed by atoms with van der Waals surface area (Å²) in [6.07, 6.45) is 4.88. The summed E-state index contributed by atoms with van der Waals surface area (Å²) in [5, 5.41) is 2.92. The van der Waals surface area contributed by atoms with Crippen molar-refractivity contribution in [3.05, 3.63) is 0 Å². The van der Waals surface area contributed by atoms with Crippen LogP contribution in [0.25, 0.3) is 0 Å². The molecular weight excluding hydrogens is 232 g/mol. The predicted molar refractivity (Wildman–Crippen MR) is 67.0 cm³/mol. The minimum Gasteiger partial charge on any atom is -0.469 e. The average Bonchev–Trinajstić information content (AvgIpc) is 2.85. The van der Waals surface area contributed by atoms with Crippen LogP contribution in [0.1, 0.15) is 39.0 Å². The normalized spacial score (nSPS) is 30.2. The van der Waals surface area contributed by atoms with Crippen LogP contribution < -0.4 is 5.32 Å². The molecule has 5 heteroatoms. The summed E-state index contributed by atoms with van der Waals surface area (Å²) in [6.45, 7) is 2.84. The highest BCUT2D eigenvalue weighted by atomic mass is 16.5. The lowest BCUT2D eigenvalue weighted by molar-refractivity contribution is -0.147. The van der Waals surface area contributed by atoms with Crippen LogP contribution in [0.5, 0.6) is 0 Å². The van der Waals surface area contributed by atoms with Gasteiger partial charge in [-0.3, -0.25) is 14.5 Å². The van der Waals surface area contributed by atoms with Gasteiger partial charge in [0.05, 0.1) is 19.6 Å². The molecule has 1 aliphatic heterocycles. The Labute approximate surface area is 108 Å². The second-order valence-electron chi connectivity index (χ2n) is 5.34. The molecule has 0 spiro atoms. The van der Waals surface area contributed by atoms with Crippen LogP contribution in [0, 0.1) is 0 Å². The Hall–Kier alpha value is -1.10. The Kier molecular flexibility index (Phi) is 4.22. The Balaban J connectivity index is 2.09. The molecule has 2 rings (SSSR count). The van der Waals surface area contributed by atoms with Crippen molar-refractivity contribution in [3.63, 3.8) is 0 Å². The molecule has 18 heavy (non-hydrogen) atoms. The maximum atomic E-state index is 12.1. The maximum absolute atomic E-state index is 12.1. The van der Waals surface area contributed by atoms with E-state index in [0.717, 1.165) is 19.4 Å². The zero-order chi connectivity index (χ0) is 13.1. The topological polar surface area (TPSA) is 58.6 Å². The lowest BCUT2D eigenvalue weighted by Gasteiger charge is -2.41. The van der Waals surface area contributed by atoms with Crippen LogP contribution in [0.15, 0.2) is 0 Å². The van der Waals surface area contributed by atoms with Crippen molar-refractivity contribution in [3.8, 4) is 0 Å². The van der Waals surface area contributed by atoms with Crippen molar-refractivity contribution in [2.75, 3.05) is 13.7 Å². The second kappa shape index (κ2) is 5.69. The molecule has 1 heterocycles. The van der Waals surface area contributed by atoms with E-state index in [4.69, 9.17) is 4.74 Å². The van der Waals surface area contributed by atoms with Crippen molar-refractivity contribution in [2.24, 2.45) is 0 Å². The van der Waals surface area contributed by atoms with Gasteiger partial charge in [0.15, 0.2) is 0 Å². The summed E-state index contributed by atoms with van der Waals surface area (Å²) in [7, 11) is 1.37. The Morgan fingerprint density at radius 1 is 1.44 bits per heavy atom. The molecular formula is C13H22N2O3. The lowest BCUT2D eigenvalue weighted by atomic mass is 10.0. The summed E-state index contributed by atoms with van der Waals surface area (Å²) >= 11 is 0. The van der Waals surface area contributed by atoms with Gasteiger partial charge in [-0.1, -0.05) is 12.8 Å². The number of hydrogen-bond acceptors (Lipinski definition) is 4. The molecule has 2 fully saturated rings. The Bertz CT molecular complexity index is 326. The third-order valence-corrected chi connectivity index (χ3v) is 3.96. The van der Waals surface area contributed by atoms with Crippen LogP contribution in [-0.2, 0) is 14.3 Å². The predicted octanol–water partition coefficient (Wildman–Crippen LogP) is 0.681. The van der Waals surface area contributed by atoms with Gasteiger partial charge in [0, 0.05) is 18.6 Å². The number of methoxy groups -OCH3 is 1. The fraction of sp³-hybridized carbons (Fsp3) is 0.846. The first-order valence-corrected chi connectivity index (χ1v) is 6.74. The van der Waals surface area contributed by atoms with E-state index < -0.39 is 0 Å². The molecule has 1 aliphatic carbocycles. The zero-order valence-electron chi connectivity index (χ0n) is 11.1. The molecule has 0 aromatic heterocycles. The molecule has 102 valence electrons. The van der Waals surface area contributed by atoms with E-state index in [9.17, 15) is 9.59 Å². The third kappa shape index (κ3) is 2.83. The molecule has 1 amide bonds. The molecule has 2 atom stereocenters. The number of amides is 1. The summed E-state index contributed by atoms with van der Waals surface area (Å²) in [4.78, 5) is 25.7. The molecule has 5 nitrogen and oxygen atoms in total. The van der Waals surface area contributed by atoms with E-state index in [1.807, 2.05) is 6.92 Å². The van der Waals surface area contributed by atoms with Gasteiger partial charge in [-0.2, -0.15) is 0 Å². The average molecular weight is 254 g/mol. The number of hydrogen-bond donors (Lipinski definition) is 1. The van der Waals surface area contributed by atoms with Gasteiger partial charge >= 0.3 is 5.97 Å². The number of carbonyl (C=O) groups is 2. The molecule has 0 bridgehead atoms. The van der Waals surface area contributed by atoms with Gasteiger partial charge in [-0.25, -0.2) is 0 Å². The minimum absolute atomic E-state index is 0.0361. The van der Waals surface area contributed by atoms with Crippen molar-refractivity contribution in [1.82, 2.24) is 10.2 Å². The second-order valence-corrected chi connectivity index (χ2v) is 5.34. The highest BCUT2D eigenvalue weighted by Gasteiger charge is 2.39. The quantitative estimate of drug-likeness (QED) is 0.753. The number of rotatable bonds is 3. The number of carbonyl (C=O) groups excluding carboxylic acids is 2. The number of nitrogens with one attached hydrogen (secondary N) is 1. The van der Waals surface area contributed by atoms with Gasteiger partial charge < -0.3 is 10.1 Å². The highest BCUT2D eigenvalue weighted by molar-refractivity contribution is 5.87. The molecule has 0 aromatic carbocycles. The van der Waals surface area contributed by atoms with Gasteiger partial charge in [0.1, 0.15) is 0 Å². The molecule has 2 unspecified atom stereocenters.